The van der Waals surface area contributed by atoms with E-state index in [0.29, 0.717) is 12.4 Å². The number of hydrogen-bond donors (Lipinski definition) is 1. The molecule has 1 N–H and O–H groups in total. The minimum atomic E-state index is -0.971. The molecule has 6 heteroatoms. The maximum Gasteiger partial charge on any atom is 0.229 e. The summed E-state index contributed by atoms with van der Waals surface area (Å²) in [5.74, 6) is 0.627. The molecule has 31 heavy (non-hydrogen) atoms. The molecule has 3 rings (SSSR count). The SMILES string of the molecule is C=CCO[C@H]1[C@H](Oc2ccccc2)O[C@H](COCc2ccccc2)[C@H](O)[C@@H]1OCC=C. The lowest BCUT2D eigenvalue weighted by atomic mass is 9.98. The fourth-order valence-electron chi connectivity index (χ4n) is 3.35. The second kappa shape index (κ2) is 12.4. The summed E-state index contributed by atoms with van der Waals surface area (Å²) in [6.45, 7) is 8.49. The van der Waals surface area contributed by atoms with Gasteiger partial charge in [0.05, 0.1) is 26.4 Å². The molecule has 0 spiro atoms. The molecule has 6 nitrogen and oxygen atoms in total. The van der Waals surface area contributed by atoms with Crippen LogP contribution in [0, 0.1) is 0 Å². The Labute approximate surface area is 183 Å². The smallest absolute Gasteiger partial charge is 0.229 e. The molecule has 2 aromatic rings. The summed E-state index contributed by atoms with van der Waals surface area (Å²) < 4.78 is 29.8. The van der Waals surface area contributed by atoms with Gasteiger partial charge in [-0.3, -0.25) is 0 Å². The van der Waals surface area contributed by atoms with Crippen molar-refractivity contribution in [3.8, 4) is 5.75 Å². The Hall–Kier alpha value is -2.48. The summed E-state index contributed by atoms with van der Waals surface area (Å²) >= 11 is 0. The van der Waals surface area contributed by atoms with E-state index in [0.717, 1.165) is 5.56 Å². The highest BCUT2D eigenvalue weighted by molar-refractivity contribution is 5.21. The summed E-state index contributed by atoms with van der Waals surface area (Å²) in [5.41, 5.74) is 1.04. The zero-order valence-corrected chi connectivity index (χ0v) is 17.5. The van der Waals surface area contributed by atoms with Gasteiger partial charge in [-0.25, -0.2) is 0 Å². The first-order valence-electron chi connectivity index (χ1n) is 10.3. The van der Waals surface area contributed by atoms with E-state index in [4.69, 9.17) is 23.7 Å². The van der Waals surface area contributed by atoms with Crippen LogP contribution in [-0.4, -0.2) is 55.6 Å². The van der Waals surface area contributed by atoms with E-state index in [-0.39, 0.29) is 19.8 Å². The monoisotopic (exact) mass is 426 g/mol. The van der Waals surface area contributed by atoms with Crippen LogP contribution < -0.4 is 4.74 Å². The molecule has 0 saturated carbocycles. The topological polar surface area (TPSA) is 66.4 Å². The van der Waals surface area contributed by atoms with Crippen molar-refractivity contribution in [1.82, 2.24) is 0 Å². The van der Waals surface area contributed by atoms with Crippen molar-refractivity contribution in [2.24, 2.45) is 0 Å². The molecule has 1 aliphatic rings. The molecule has 0 aliphatic carbocycles. The van der Waals surface area contributed by atoms with E-state index in [1.165, 1.54) is 0 Å². The van der Waals surface area contributed by atoms with Gasteiger partial charge in [0.15, 0.2) is 0 Å². The highest BCUT2D eigenvalue weighted by atomic mass is 16.7. The van der Waals surface area contributed by atoms with Crippen LogP contribution in [-0.2, 0) is 25.6 Å². The van der Waals surface area contributed by atoms with Crippen molar-refractivity contribution in [2.75, 3.05) is 19.8 Å². The predicted molar refractivity (Wildman–Crippen MR) is 118 cm³/mol. The zero-order chi connectivity index (χ0) is 21.9. The molecule has 0 radical (unpaired) electrons. The minimum Gasteiger partial charge on any atom is -0.462 e. The van der Waals surface area contributed by atoms with E-state index in [2.05, 4.69) is 13.2 Å². The van der Waals surface area contributed by atoms with Crippen LogP contribution in [0.25, 0.3) is 0 Å². The third-order valence-corrected chi connectivity index (χ3v) is 4.82. The van der Waals surface area contributed by atoms with Crippen molar-refractivity contribution in [1.29, 1.82) is 0 Å². The van der Waals surface area contributed by atoms with Gasteiger partial charge in [0.2, 0.25) is 6.29 Å². The molecule has 2 aromatic carbocycles. The van der Waals surface area contributed by atoms with Crippen LogP contribution >= 0.6 is 0 Å². The Morgan fingerprint density at radius 2 is 1.48 bits per heavy atom. The van der Waals surface area contributed by atoms with Gasteiger partial charge in [-0.15, -0.1) is 13.2 Å². The Morgan fingerprint density at radius 3 is 2.13 bits per heavy atom. The summed E-state index contributed by atoms with van der Waals surface area (Å²) in [6, 6.07) is 19.1. The predicted octanol–water partition coefficient (Wildman–Crippen LogP) is 3.51. The molecule has 5 atom stereocenters. The second-order valence-corrected chi connectivity index (χ2v) is 7.14. The summed E-state index contributed by atoms with van der Waals surface area (Å²) in [5, 5.41) is 11.0. The van der Waals surface area contributed by atoms with E-state index in [1.807, 2.05) is 60.7 Å². The lowest BCUT2D eigenvalue weighted by Crippen LogP contribution is -2.62. The van der Waals surface area contributed by atoms with E-state index >= 15 is 0 Å². The fraction of sp³-hybridized carbons (Fsp3) is 0.360. The lowest BCUT2D eigenvalue weighted by Gasteiger charge is -2.43. The number of rotatable bonds is 12. The maximum absolute atomic E-state index is 11.0. The number of aliphatic hydroxyl groups excluding tert-OH is 1. The van der Waals surface area contributed by atoms with Gasteiger partial charge < -0.3 is 28.8 Å². The number of ether oxygens (including phenoxy) is 5. The lowest BCUT2D eigenvalue weighted by molar-refractivity contribution is -0.294. The standard InChI is InChI=1S/C25H30O6/c1-3-15-28-23-22(26)21(18-27-17-19-11-7-5-8-12-19)31-25(24(23)29-16-4-2)30-20-13-9-6-10-14-20/h3-14,21-26H,1-2,15-18H2/t21-,22+,23+,24-,25-/m1/s1. The number of hydrogen-bond acceptors (Lipinski definition) is 6. The van der Waals surface area contributed by atoms with Crippen LogP contribution in [0.5, 0.6) is 5.75 Å². The van der Waals surface area contributed by atoms with Gasteiger partial charge in [0, 0.05) is 0 Å². The van der Waals surface area contributed by atoms with E-state index in [1.54, 1.807) is 12.2 Å². The van der Waals surface area contributed by atoms with Crippen LogP contribution in [0.1, 0.15) is 5.56 Å². The largest absolute Gasteiger partial charge is 0.462 e. The molecule has 0 amide bonds. The van der Waals surface area contributed by atoms with Gasteiger partial charge in [-0.1, -0.05) is 60.7 Å². The first kappa shape index (κ1) is 23.2. The molecular formula is C25H30O6. The molecule has 0 aromatic heterocycles. The summed E-state index contributed by atoms with van der Waals surface area (Å²) in [7, 11) is 0. The highest BCUT2D eigenvalue weighted by Crippen LogP contribution is 2.28. The molecule has 1 heterocycles. The quantitative estimate of drug-likeness (QED) is 0.524. The Bertz CT molecular complexity index is 781. The number of aliphatic hydroxyl groups is 1. The second-order valence-electron chi connectivity index (χ2n) is 7.14. The average Bonchev–Trinajstić information content (AvgIpc) is 2.80. The molecule has 1 fully saturated rings. The molecule has 1 saturated heterocycles. The maximum atomic E-state index is 11.0. The molecule has 0 unspecified atom stereocenters. The van der Waals surface area contributed by atoms with E-state index < -0.39 is 30.7 Å². The van der Waals surface area contributed by atoms with Gasteiger partial charge in [0.25, 0.3) is 0 Å². The minimum absolute atomic E-state index is 0.173. The van der Waals surface area contributed by atoms with Crippen molar-refractivity contribution < 1.29 is 28.8 Å². The van der Waals surface area contributed by atoms with Crippen molar-refractivity contribution in [3.63, 3.8) is 0 Å². The third-order valence-electron chi connectivity index (χ3n) is 4.82. The van der Waals surface area contributed by atoms with Crippen LogP contribution in [0.15, 0.2) is 86.0 Å². The Morgan fingerprint density at radius 1 is 0.871 bits per heavy atom. The average molecular weight is 427 g/mol. The summed E-state index contributed by atoms with van der Waals surface area (Å²) in [4.78, 5) is 0. The Balaban J connectivity index is 1.73. The first-order chi connectivity index (χ1) is 15.2. The van der Waals surface area contributed by atoms with Crippen LogP contribution in [0.4, 0.5) is 0 Å². The van der Waals surface area contributed by atoms with Gasteiger partial charge >= 0.3 is 0 Å². The third kappa shape index (κ3) is 6.75. The molecule has 166 valence electrons. The van der Waals surface area contributed by atoms with Gasteiger partial charge in [-0.2, -0.15) is 0 Å². The van der Waals surface area contributed by atoms with Crippen LogP contribution in [0.2, 0.25) is 0 Å². The van der Waals surface area contributed by atoms with Gasteiger partial charge in [0.1, 0.15) is 30.2 Å². The van der Waals surface area contributed by atoms with E-state index in [9.17, 15) is 5.11 Å². The Kier molecular flexibility index (Phi) is 9.27. The van der Waals surface area contributed by atoms with Crippen molar-refractivity contribution in [3.05, 3.63) is 91.5 Å². The normalized spacial score (nSPS) is 25.6. The highest BCUT2D eigenvalue weighted by Gasteiger charge is 2.48. The number of para-hydroxylation sites is 1. The molecular weight excluding hydrogens is 396 g/mol. The fourth-order valence-corrected chi connectivity index (χ4v) is 3.35. The molecule has 0 bridgehead atoms. The van der Waals surface area contributed by atoms with Crippen molar-refractivity contribution in [2.45, 2.75) is 37.3 Å². The zero-order valence-electron chi connectivity index (χ0n) is 17.5. The summed E-state index contributed by atoms with van der Waals surface area (Å²) in [6.07, 6.45) is -0.529. The molecule has 1 aliphatic heterocycles. The first-order valence-corrected chi connectivity index (χ1v) is 10.3. The van der Waals surface area contributed by atoms with Crippen LogP contribution in [0.3, 0.4) is 0 Å². The van der Waals surface area contributed by atoms with Crippen molar-refractivity contribution >= 4 is 0 Å². The number of benzene rings is 2. The van der Waals surface area contributed by atoms with Gasteiger partial charge in [-0.05, 0) is 17.7 Å².